The second-order valence-electron chi connectivity index (χ2n) is 7.45. The van der Waals surface area contributed by atoms with E-state index in [1.165, 1.54) is 18.2 Å². The third-order valence-corrected chi connectivity index (χ3v) is 5.54. The van der Waals surface area contributed by atoms with Crippen LogP contribution in [-0.2, 0) is 22.9 Å². The molecular weight excluding hydrogens is 385 g/mol. The van der Waals surface area contributed by atoms with E-state index in [0.29, 0.717) is 30.7 Å². The van der Waals surface area contributed by atoms with Crippen molar-refractivity contribution in [1.82, 2.24) is 5.32 Å². The first kappa shape index (κ1) is 19.4. The second-order valence-corrected chi connectivity index (χ2v) is 7.45. The number of carbonyl (C=O) groups excluding carboxylic acids is 2. The number of carbonyl (C=O) groups is 2. The Morgan fingerprint density at radius 3 is 2.38 bits per heavy atom. The maximum atomic E-state index is 13.3. The summed E-state index contributed by atoms with van der Waals surface area (Å²) < 4.78 is 44.4. The minimum atomic E-state index is -4.42. The number of Topliss-reactive ketones (excluding diaryl/α,β-unsaturated/α-hetero) is 1. The van der Waals surface area contributed by atoms with Crippen LogP contribution in [0.15, 0.2) is 42.5 Å². The number of fused-ring (bicyclic) bond motifs is 1. The van der Waals surface area contributed by atoms with Crippen molar-refractivity contribution in [1.29, 1.82) is 0 Å². The summed E-state index contributed by atoms with van der Waals surface area (Å²) in [5.74, 6) is -0.366. The number of hydrogen-bond donors (Lipinski definition) is 2. The molecule has 4 rings (SSSR count). The molecule has 0 bridgehead atoms. The van der Waals surface area contributed by atoms with Crippen LogP contribution in [0.2, 0.25) is 0 Å². The third kappa shape index (κ3) is 3.60. The highest BCUT2D eigenvalue weighted by atomic mass is 19.4. The standard InChI is InChI=1S/C21H19F3N2O3/c22-21(23,24)15-5-3-14(4-6-15)20(7-8-20)18(27)17-11-26-10-13-2-1-12(19(25)28)9-16(13)29-17/h1-6,9,17,26H,7-8,10-11H2,(H2,25,28). The normalized spacial score (nSPS) is 20.2. The quantitative estimate of drug-likeness (QED) is 0.821. The molecule has 3 N–H and O–H groups in total. The maximum Gasteiger partial charge on any atom is 0.416 e. The van der Waals surface area contributed by atoms with E-state index in [-0.39, 0.29) is 17.9 Å². The van der Waals surface area contributed by atoms with Crippen LogP contribution in [0.5, 0.6) is 5.75 Å². The molecule has 0 saturated heterocycles. The molecule has 2 aromatic rings. The van der Waals surface area contributed by atoms with Gasteiger partial charge in [-0.3, -0.25) is 9.59 Å². The van der Waals surface area contributed by atoms with E-state index in [1.54, 1.807) is 12.1 Å². The number of halogens is 3. The van der Waals surface area contributed by atoms with Gasteiger partial charge in [-0.2, -0.15) is 13.2 Å². The van der Waals surface area contributed by atoms with Gasteiger partial charge < -0.3 is 15.8 Å². The van der Waals surface area contributed by atoms with Gasteiger partial charge in [0.1, 0.15) is 5.75 Å². The largest absolute Gasteiger partial charge is 0.481 e. The van der Waals surface area contributed by atoms with E-state index in [1.807, 2.05) is 0 Å². The molecule has 1 amide bonds. The van der Waals surface area contributed by atoms with Crippen molar-refractivity contribution in [3.8, 4) is 5.75 Å². The van der Waals surface area contributed by atoms with Crippen molar-refractivity contribution in [2.45, 2.75) is 37.1 Å². The van der Waals surface area contributed by atoms with Crippen molar-refractivity contribution in [3.05, 3.63) is 64.7 Å². The predicted octanol–water partition coefficient (Wildman–Crippen LogP) is 2.96. The lowest BCUT2D eigenvalue weighted by atomic mass is 9.87. The van der Waals surface area contributed by atoms with Gasteiger partial charge in [-0.05, 0) is 42.7 Å². The average Bonchev–Trinajstić information content (AvgIpc) is 3.50. The fourth-order valence-corrected chi connectivity index (χ4v) is 3.73. The minimum Gasteiger partial charge on any atom is -0.481 e. The zero-order valence-corrected chi connectivity index (χ0v) is 15.4. The monoisotopic (exact) mass is 404 g/mol. The summed E-state index contributed by atoms with van der Waals surface area (Å²) in [5, 5.41) is 3.15. The molecule has 0 radical (unpaired) electrons. The van der Waals surface area contributed by atoms with Crippen LogP contribution in [0.25, 0.3) is 0 Å². The molecule has 1 aliphatic heterocycles. The van der Waals surface area contributed by atoms with Crippen LogP contribution in [0, 0.1) is 0 Å². The van der Waals surface area contributed by atoms with Gasteiger partial charge >= 0.3 is 6.18 Å². The lowest BCUT2D eigenvalue weighted by Crippen LogP contribution is -2.42. The number of hydrogen-bond acceptors (Lipinski definition) is 4. The number of nitrogens with two attached hydrogens (primary N) is 1. The molecule has 2 aromatic carbocycles. The molecule has 5 nitrogen and oxygen atoms in total. The van der Waals surface area contributed by atoms with Crippen molar-refractivity contribution in [3.63, 3.8) is 0 Å². The van der Waals surface area contributed by atoms with Crippen molar-refractivity contribution in [2.75, 3.05) is 6.54 Å². The topological polar surface area (TPSA) is 81.4 Å². The van der Waals surface area contributed by atoms with E-state index in [9.17, 15) is 22.8 Å². The number of alkyl halides is 3. The summed E-state index contributed by atoms with van der Waals surface area (Å²) in [4.78, 5) is 24.7. The van der Waals surface area contributed by atoms with Crippen LogP contribution in [0.4, 0.5) is 13.2 Å². The van der Waals surface area contributed by atoms with Crippen molar-refractivity contribution in [2.24, 2.45) is 5.73 Å². The van der Waals surface area contributed by atoms with Gasteiger partial charge in [-0.25, -0.2) is 0 Å². The molecule has 29 heavy (non-hydrogen) atoms. The molecular formula is C21H19F3N2O3. The molecule has 2 aliphatic rings. The second kappa shape index (κ2) is 6.88. The number of benzene rings is 2. The number of rotatable bonds is 4. The summed E-state index contributed by atoms with van der Waals surface area (Å²) in [7, 11) is 0. The van der Waals surface area contributed by atoms with Gasteiger partial charge in [-0.1, -0.05) is 18.2 Å². The lowest BCUT2D eigenvalue weighted by Gasteiger charge is -2.23. The molecule has 1 atom stereocenters. The van der Waals surface area contributed by atoms with Crippen LogP contribution >= 0.6 is 0 Å². The van der Waals surface area contributed by atoms with E-state index >= 15 is 0 Å². The predicted molar refractivity (Wildman–Crippen MR) is 98.4 cm³/mol. The molecule has 0 spiro atoms. The first-order valence-corrected chi connectivity index (χ1v) is 9.23. The SMILES string of the molecule is NC(=O)c1ccc2c(c1)OC(C(=O)C1(c3ccc(C(F)(F)F)cc3)CC1)CNC2. The first-order chi connectivity index (χ1) is 13.7. The Hall–Kier alpha value is -2.87. The van der Waals surface area contributed by atoms with E-state index in [0.717, 1.165) is 17.7 Å². The lowest BCUT2D eigenvalue weighted by molar-refractivity contribution is -0.137. The van der Waals surface area contributed by atoms with Crippen molar-refractivity contribution < 1.29 is 27.5 Å². The van der Waals surface area contributed by atoms with E-state index in [4.69, 9.17) is 10.5 Å². The Balaban J connectivity index is 1.59. The van der Waals surface area contributed by atoms with E-state index in [2.05, 4.69) is 5.32 Å². The van der Waals surface area contributed by atoms with Crippen LogP contribution in [0.3, 0.4) is 0 Å². The Morgan fingerprint density at radius 2 is 1.79 bits per heavy atom. The molecule has 1 heterocycles. The van der Waals surface area contributed by atoms with Crippen LogP contribution in [-0.4, -0.2) is 24.3 Å². The Morgan fingerprint density at radius 1 is 1.10 bits per heavy atom. The average molecular weight is 404 g/mol. The number of primary amides is 1. The summed E-state index contributed by atoms with van der Waals surface area (Å²) in [6, 6.07) is 9.58. The molecule has 8 heteroatoms. The van der Waals surface area contributed by atoms with Crippen LogP contribution < -0.4 is 15.8 Å². The molecule has 1 aliphatic carbocycles. The molecule has 152 valence electrons. The highest BCUT2D eigenvalue weighted by Gasteiger charge is 2.54. The fraction of sp³-hybridized carbons (Fsp3) is 0.333. The van der Waals surface area contributed by atoms with Gasteiger partial charge in [0.05, 0.1) is 11.0 Å². The highest BCUT2D eigenvalue weighted by molar-refractivity contribution is 5.97. The maximum absolute atomic E-state index is 13.3. The zero-order chi connectivity index (χ0) is 20.8. The Kier molecular flexibility index (Phi) is 4.61. The summed E-state index contributed by atoms with van der Waals surface area (Å²) in [6.07, 6.45) is -4.12. The van der Waals surface area contributed by atoms with Gasteiger partial charge in [-0.15, -0.1) is 0 Å². The number of ether oxygens (including phenoxy) is 1. The Bertz CT molecular complexity index is 966. The number of amides is 1. The molecule has 0 aromatic heterocycles. The smallest absolute Gasteiger partial charge is 0.416 e. The van der Waals surface area contributed by atoms with Gasteiger partial charge in [0.15, 0.2) is 11.9 Å². The van der Waals surface area contributed by atoms with Gasteiger partial charge in [0, 0.05) is 24.2 Å². The third-order valence-electron chi connectivity index (χ3n) is 5.54. The molecule has 1 fully saturated rings. The summed E-state index contributed by atoms with van der Waals surface area (Å²) in [6.45, 7) is 0.729. The minimum absolute atomic E-state index is 0.179. The van der Waals surface area contributed by atoms with Gasteiger partial charge in [0.2, 0.25) is 5.91 Å². The molecule has 1 unspecified atom stereocenters. The number of nitrogens with one attached hydrogen (secondary N) is 1. The zero-order valence-electron chi connectivity index (χ0n) is 15.4. The number of ketones is 1. The summed E-state index contributed by atoms with van der Waals surface area (Å²) in [5.41, 5.74) is 5.38. The van der Waals surface area contributed by atoms with Gasteiger partial charge in [0.25, 0.3) is 0 Å². The van der Waals surface area contributed by atoms with Crippen molar-refractivity contribution >= 4 is 11.7 Å². The highest BCUT2D eigenvalue weighted by Crippen LogP contribution is 2.50. The fourth-order valence-electron chi connectivity index (χ4n) is 3.73. The van der Waals surface area contributed by atoms with E-state index < -0.39 is 29.2 Å². The summed E-state index contributed by atoms with van der Waals surface area (Å²) >= 11 is 0. The Labute approximate surface area is 165 Å². The van der Waals surface area contributed by atoms with Crippen LogP contribution in [0.1, 0.15) is 39.9 Å². The first-order valence-electron chi connectivity index (χ1n) is 9.23. The molecule has 1 saturated carbocycles.